The SMILES string of the molecule is COc1ccc([C@@]2(C(F)(F)F)NC(=O)N(C3CCCCC3)C(=NC3CCCCC3)S2)cc1. The van der Waals surface area contributed by atoms with Crippen molar-refractivity contribution in [3.8, 4) is 5.75 Å². The van der Waals surface area contributed by atoms with Gasteiger partial charge in [-0.1, -0.05) is 50.7 Å². The Labute approximate surface area is 191 Å². The number of halogens is 3. The summed E-state index contributed by atoms with van der Waals surface area (Å²) in [4.78, 5) is 17.0. The molecular formula is C23H30F3N3O2S. The molecule has 2 aliphatic carbocycles. The van der Waals surface area contributed by atoms with E-state index in [-0.39, 0.29) is 22.8 Å². The Hall–Kier alpha value is -1.90. The zero-order valence-corrected chi connectivity index (χ0v) is 19.1. The van der Waals surface area contributed by atoms with Gasteiger partial charge in [0.15, 0.2) is 5.17 Å². The third kappa shape index (κ3) is 4.58. The Morgan fingerprint density at radius 2 is 1.62 bits per heavy atom. The number of carbonyl (C=O) groups excluding carboxylic acids is 1. The summed E-state index contributed by atoms with van der Waals surface area (Å²) < 4.78 is 49.0. The van der Waals surface area contributed by atoms with E-state index >= 15 is 0 Å². The molecule has 176 valence electrons. The van der Waals surface area contributed by atoms with Crippen molar-refractivity contribution in [2.24, 2.45) is 4.99 Å². The highest BCUT2D eigenvalue weighted by Gasteiger charge is 2.62. The van der Waals surface area contributed by atoms with Gasteiger partial charge in [-0.3, -0.25) is 9.89 Å². The first-order valence-corrected chi connectivity index (χ1v) is 12.2. The van der Waals surface area contributed by atoms with Crippen molar-refractivity contribution >= 4 is 23.0 Å². The molecule has 2 saturated carbocycles. The lowest BCUT2D eigenvalue weighted by molar-refractivity contribution is -0.168. The fraction of sp³-hybridized carbons (Fsp3) is 0.652. The minimum Gasteiger partial charge on any atom is -0.497 e. The first-order valence-electron chi connectivity index (χ1n) is 11.4. The lowest BCUT2D eigenvalue weighted by Gasteiger charge is -2.46. The maximum atomic E-state index is 14.6. The first-order chi connectivity index (χ1) is 15.3. The van der Waals surface area contributed by atoms with Crippen LogP contribution in [-0.2, 0) is 4.87 Å². The summed E-state index contributed by atoms with van der Waals surface area (Å²) in [6, 6.07) is 4.86. The number of carbonyl (C=O) groups is 1. The molecule has 0 unspecified atom stereocenters. The van der Waals surface area contributed by atoms with Gasteiger partial charge in [-0.05, 0) is 55.1 Å². The van der Waals surface area contributed by atoms with Crippen LogP contribution in [0.25, 0.3) is 0 Å². The molecule has 1 saturated heterocycles. The molecule has 32 heavy (non-hydrogen) atoms. The average molecular weight is 470 g/mol. The third-order valence-corrected chi connectivity index (χ3v) is 8.02. The lowest BCUT2D eigenvalue weighted by atomic mass is 9.94. The van der Waals surface area contributed by atoms with Crippen molar-refractivity contribution in [2.45, 2.75) is 87.3 Å². The van der Waals surface area contributed by atoms with Gasteiger partial charge in [0.1, 0.15) is 5.75 Å². The van der Waals surface area contributed by atoms with Gasteiger partial charge in [-0.2, -0.15) is 13.2 Å². The molecule has 1 atom stereocenters. The highest BCUT2D eigenvalue weighted by atomic mass is 32.2. The molecule has 0 spiro atoms. The molecule has 1 aromatic rings. The van der Waals surface area contributed by atoms with E-state index in [1.54, 1.807) is 0 Å². The van der Waals surface area contributed by atoms with Crippen molar-refractivity contribution in [2.75, 3.05) is 7.11 Å². The molecule has 1 N–H and O–H groups in total. The van der Waals surface area contributed by atoms with Gasteiger partial charge in [-0.15, -0.1) is 0 Å². The van der Waals surface area contributed by atoms with E-state index in [0.29, 0.717) is 17.5 Å². The maximum Gasteiger partial charge on any atom is 0.425 e. The van der Waals surface area contributed by atoms with Gasteiger partial charge < -0.3 is 10.1 Å². The number of amides is 2. The summed E-state index contributed by atoms with van der Waals surface area (Å²) in [6.45, 7) is 0. The number of nitrogens with zero attached hydrogens (tertiary/aromatic N) is 2. The fourth-order valence-corrected chi connectivity index (χ4v) is 6.19. The number of rotatable bonds is 4. The number of nitrogens with one attached hydrogen (secondary N) is 1. The summed E-state index contributed by atoms with van der Waals surface area (Å²) in [6.07, 6.45) is 4.77. The molecule has 5 nitrogen and oxygen atoms in total. The second kappa shape index (κ2) is 9.53. The predicted molar refractivity (Wildman–Crippen MR) is 120 cm³/mol. The molecule has 1 aliphatic heterocycles. The molecule has 3 fully saturated rings. The number of alkyl halides is 3. The highest BCUT2D eigenvalue weighted by molar-refractivity contribution is 8.14. The zero-order valence-electron chi connectivity index (χ0n) is 18.3. The summed E-state index contributed by atoms with van der Waals surface area (Å²) in [7, 11) is 1.46. The minimum absolute atomic E-state index is 0.0370. The number of aliphatic imine (C=N–C) groups is 1. The van der Waals surface area contributed by atoms with Gasteiger partial charge in [0.2, 0.25) is 4.87 Å². The number of methoxy groups -OCH3 is 1. The molecule has 3 aliphatic rings. The molecule has 2 amide bonds. The standard InChI is InChI=1S/C23H30F3N3O2S/c1-31-19-14-12-16(13-15-19)22(23(24,25)26)28-20(30)29(18-10-6-3-7-11-18)21(32-22)27-17-8-4-2-5-9-17/h12-15,17-18H,2-11H2,1H3,(H,28,30)/t22-/m1/s1. The topological polar surface area (TPSA) is 53.9 Å². The van der Waals surface area contributed by atoms with Crippen LogP contribution in [-0.4, -0.2) is 41.5 Å². The molecule has 1 aromatic carbocycles. The Kier molecular flexibility index (Phi) is 6.93. The number of hydrogen-bond donors (Lipinski definition) is 1. The van der Waals surface area contributed by atoms with Crippen LogP contribution in [0.1, 0.15) is 69.8 Å². The number of ether oxygens (including phenoxy) is 1. The first kappa shape index (κ1) is 23.3. The Morgan fingerprint density at radius 1 is 1.03 bits per heavy atom. The largest absolute Gasteiger partial charge is 0.497 e. The van der Waals surface area contributed by atoms with Crippen LogP contribution < -0.4 is 10.1 Å². The van der Waals surface area contributed by atoms with Crippen LogP contribution in [0.4, 0.5) is 18.0 Å². The van der Waals surface area contributed by atoms with Crippen molar-refractivity contribution in [3.05, 3.63) is 29.8 Å². The van der Waals surface area contributed by atoms with E-state index in [1.807, 2.05) is 0 Å². The van der Waals surface area contributed by atoms with Crippen molar-refractivity contribution < 1.29 is 22.7 Å². The zero-order chi connectivity index (χ0) is 22.8. The number of amidine groups is 1. The molecule has 0 bridgehead atoms. The summed E-state index contributed by atoms with van der Waals surface area (Å²) >= 11 is 0.630. The van der Waals surface area contributed by atoms with Gasteiger partial charge in [0.05, 0.1) is 13.2 Å². The molecule has 9 heteroatoms. The highest BCUT2D eigenvalue weighted by Crippen LogP contribution is 2.51. The monoisotopic (exact) mass is 469 g/mol. The van der Waals surface area contributed by atoms with Gasteiger partial charge >= 0.3 is 12.2 Å². The van der Waals surface area contributed by atoms with Crippen LogP contribution in [0.5, 0.6) is 5.75 Å². The van der Waals surface area contributed by atoms with Crippen LogP contribution >= 0.6 is 11.8 Å². The third-order valence-electron chi connectivity index (χ3n) is 6.66. The van der Waals surface area contributed by atoms with Crippen molar-refractivity contribution in [1.29, 1.82) is 0 Å². The normalized spacial score (nSPS) is 27.4. The Balaban J connectivity index is 1.75. The van der Waals surface area contributed by atoms with E-state index in [9.17, 15) is 18.0 Å². The maximum absolute atomic E-state index is 14.6. The van der Waals surface area contributed by atoms with Crippen LogP contribution in [0, 0.1) is 0 Å². The fourth-order valence-electron chi connectivity index (χ4n) is 4.87. The van der Waals surface area contributed by atoms with Crippen molar-refractivity contribution in [1.82, 2.24) is 10.2 Å². The number of benzene rings is 1. The molecule has 1 heterocycles. The van der Waals surface area contributed by atoms with Crippen LogP contribution in [0.15, 0.2) is 29.3 Å². The quantitative estimate of drug-likeness (QED) is 0.572. The van der Waals surface area contributed by atoms with E-state index in [2.05, 4.69) is 5.32 Å². The smallest absolute Gasteiger partial charge is 0.425 e. The second-order valence-corrected chi connectivity index (χ2v) is 9.99. The summed E-state index contributed by atoms with van der Waals surface area (Å²) in [5.74, 6) is 0.457. The van der Waals surface area contributed by atoms with Crippen LogP contribution in [0.3, 0.4) is 0 Å². The lowest BCUT2D eigenvalue weighted by Crippen LogP contribution is -2.65. The predicted octanol–water partition coefficient (Wildman–Crippen LogP) is 6.19. The number of thioether (sulfide) groups is 1. The summed E-state index contributed by atoms with van der Waals surface area (Å²) in [5, 5.41) is 2.55. The van der Waals surface area contributed by atoms with Gasteiger partial charge in [0, 0.05) is 6.04 Å². The second-order valence-electron chi connectivity index (χ2n) is 8.81. The Bertz CT molecular complexity index is 834. The summed E-state index contributed by atoms with van der Waals surface area (Å²) in [5.41, 5.74) is -0.0382. The van der Waals surface area contributed by atoms with E-state index in [0.717, 1.165) is 64.2 Å². The molecule has 0 aromatic heterocycles. The van der Waals surface area contributed by atoms with E-state index in [4.69, 9.17) is 9.73 Å². The number of hydrogen-bond acceptors (Lipinski definition) is 4. The molecule has 4 rings (SSSR count). The van der Waals surface area contributed by atoms with Crippen molar-refractivity contribution in [3.63, 3.8) is 0 Å². The molecule has 0 radical (unpaired) electrons. The Morgan fingerprint density at radius 3 is 2.19 bits per heavy atom. The van der Waals surface area contributed by atoms with E-state index < -0.39 is 17.1 Å². The van der Waals surface area contributed by atoms with Crippen LogP contribution in [0.2, 0.25) is 0 Å². The number of urea groups is 1. The molecular weight excluding hydrogens is 439 g/mol. The average Bonchev–Trinajstić information content (AvgIpc) is 2.79. The van der Waals surface area contributed by atoms with Gasteiger partial charge in [-0.25, -0.2) is 4.79 Å². The minimum atomic E-state index is -4.71. The van der Waals surface area contributed by atoms with E-state index in [1.165, 1.54) is 36.3 Å². The van der Waals surface area contributed by atoms with Gasteiger partial charge in [0.25, 0.3) is 0 Å².